The number of carbonyl (C=O) groups excluding carboxylic acids is 1. The second-order valence-electron chi connectivity index (χ2n) is 6.45. The average molecular weight is 428 g/mol. The molecule has 1 unspecified atom stereocenters. The summed E-state index contributed by atoms with van der Waals surface area (Å²) in [6, 6.07) is 6.67. The van der Waals surface area contributed by atoms with Crippen molar-refractivity contribution in [2.24, 2.45) is 0 Å². The summed E-state index contributed by atoms with van der Waals surface area (Å²) in [7, 11) is -7.21. The van der Waals surface area contributed by atoms with Crippen molar-refractivity contribution in [3.05, 3.63) is 36.2 Å². The lowest BCUT2D eigenvalue weighted by molar-refractivity contribution is -0.120. The predicted molar refractivity (Wildman–Crippen MR) is 99.4 cm³/mol. The predicted octanol–water partition coefficient (Wildman–Crippen LogP) is 0.796. The van der Waals surface area contributed by atoms with Crippen LogP contribution in [0, 0.1) is 0 Å². The molecule has 0 radical (unpaired) electrons. The van der Waals surface area contributed by atoms with Crippen molar-refractivity contribution in [1.82, 2.24) is 14.5 Å². The molecule has 1 aromatic heterocycles. The highest BCUT2D eigenvalue weighted by Gasteiger charge is 2.35. The molecule has 1 aliphatic rings. The van der Waals surface area contributed by atoms with Crippen molar-refractivity contribution >= 4 is 31.8 Å². The molecule has 3 rings (SSSR count). The van der Waals surface area contributed by atoms with E-state index >= 15 is 0 Å². The molecule has 152 valence electrons. The zero-order chi connectivity index (χ0) is 20.4. The summed E-state index contributed by atoms with van der Waals surface area (Å²) < 4.78 is 54.8. The van der Waals surface area contributed by atoms with Gasteiger partial charge in [-0.2, -0.15) is 4.31 Å². The Bertz CT molecular complexity index is 1050. The third kappa shape index (κ3) is 4.75. The van der Waals surface area contributed by atoms with Crippen molar-refractivity contribution < 1.29 is 26.0 Å². The van der Waals surface area contributed by atoms with Gasteiger partial charge in [-0.25, -0.2) is 16.8 Å². The number of anilines is 1. The summed E-state index contributed by atoms with van der Waals surface area (Å²) in [6.45, 7) is 0.265. The molecular formula is C16H20N4O6S2. The van der Waals surface area contributed by atoms with Gasteiger partial charge < -0.3 is 4.42 Å². The van der Waals surface area contributed by atoms with E-state index in [-0.39, 0.29) is 23.3 Å². The van der Waals surface area contributed by atoms with Crippen LogP contribution in [0.5, 0.6) is 0 Å². The molecule has 0 aliphatic carbocycles. The minimum atomic E-state index is -3.67. The molecule has 1 fully saturated rings. The van der Waals surface area contributed by atoms with Crippen LogP contribution in [0.2, 0.25) is 0 Å². The maximum absolute atomic E-state index is 12.5. The lowest BCUT2D eigenvalue weighted by atomic mass is 10.0. The quantitative estimate of drug-likeness (QED) is 0.712. The van der Waals surface area contributed by atoms with Gasteiger partial charge in [0.25, 0.3) is 0 Å². The van der Waals surface area contributed by atoms with E-state index in [4.69, 9.17) is 4.42 Å². The minimum Gasteiger partial charge on any atom is -0.407 e. The first-order valence-corrected chi connectivity index (χ1v) is 12.0. The molecule has 1 amide bonds. The van der Waals surface area contributed by atoms with Crippen LogP contribution in [0.1, 0.15) is 25.2 Å². The van der Waals surface area contributed by atoms with Gasteiger partial charge in [0.05, 0.1) is 11.2 Å². The lowest BCUT2D eigenvalue weighted by Gasteiger charge is -2.32. The van der Waals surface area contributed by atoms with E-state index in [1.54, 1.807) is 18.2 Å². The van der Waals surface area contributed by atoms with E-state index in [0.29, 0.717) is 19.3 Å². The number of hydrogen-bond donors (Lipinski definition) is 1. The number of rotatable bonds is 6. The van der Waals surface area contributed by atoms with Crippen molar-refractivity contribution in [2.75, 3.05) is 18.1 Å². The molecule has 1 N–H and O–H groups in total. The standard InChI is InChI=1S/C16H20N4O6S2/c1-27(22,23)20-10-6-5-9-13(20)15(21)17-16-19-18-14(26-16)11-28(24,25)12-7-3-2-4-8-12/h2-4,7-8,13H,5-6,9-11H2,1H3,(H,17,19,21). The van der Waals surface area contributed by atoms with E-state index in [1.165, 1.54) is 12.1 Å². The van der Waals surface area contributed by atoms with Crippen LogP contribution >= 0.6 is 0 Å². The van der Waals surface area contributed by atoms with Gasteiger partial charge in [-0.1, -0.05) is 29.7 Å². The molecular weight excluding hydrogens is 408 g/mol. The van der Waals surface area contributed by atoms with Crippen LogP contribution in [0.3, 0.4) is 0 Å². The smallest absolute Gasteiger partial charge is 0.322 e. The third-order valence-electron chi connectivity index (χ3n) is 4.30. The maximum Gasteiger partial charge on any atom is 0.322 e. The summed E-state index contributed by atoms with van der Waals surface area (Å²) in [5.41, 5.74) is 0. The van der Waals surface area contributed by atoms with E-state index in [0.717, 1.165) is 10.6 Å². The number of nitrogens with zero attached hydrogens (tertiary/aromatic N) is 3. The van der Waals surface area contributed by atoms with Gasteiger partial charge in [0, 0.05) is 6.54 Å². The second kappa shape index (κ2) is 7.97. The number of hydrogen-bond acceptors (Lipinski definition) is 8. The Balaban J connectivity index is 1.70. The summed E-state index contributed by atoms with van der Waals surface area (Å²) in [6.07, 6.45) is 2.83. The van der Waals surface area contributed by atoms with Crippen molar-refractivity contribution in [2.45, 2.75) is 36.0 Å². The highest BCUT2D eigenvalue weighted by molar-refractivity contribution is 7.90. The molecule has 10 nitrogen and oxygen atoms in total. The van der Waals surface area contributed by atoms with Crippen LogP contribution < -0.4 is 5.32 Å². The Morgan fingerprint density at radius 1 is 1.18 bits per heavy atom. The van der Waals surface area contributed by atoms with Crippen LogP contribution in [0.4, 0.5) is 6.01 Å². The largest absolute Gasteiger partial charge is 0.407 e. The maximum atomic E-state index is 12.5. The van der Waals surface area contributed by atoms with Crippen LogP contribution in [-0.2, 0) is 30.4 Å². The highest BCUT2D eigenvalue weighted by Crippen LogP contribution is 2.22. The fraction of sp³-hybridized carbons (Fsp3) is 0.438. The van der Waals surface area contributed by atoms with E-state index in [1.807, 2.05) is 0 Å². The van der Waals surface area contributed by atoms with Gasteiger partial charge in [-0.15, -0.1) is 5.10 Å². The van der Waals surface area contributed by atoms with E-state index < -0.39 is 37.6 Å². The molecule has 1 aromatic carbocycles. The first-order chi connectivity index (χ1) is 13.2. The molecule has 1 aliphatic heterocycles. The summed E-state index contributed by atoms with van der Waals surface area (Å²) in [5.74, 6) is -1.28. The van der Waals surface area contributed by atoms with E-state index in [9.17, 15) is 21.6 Å². The van der Waals surface area contributed by atoms with Crippen molar-refractivity contribution in [3.8, 4) is 0 Å². The molecule has 2 aromatic rings. The Morgan fingerprint density at radius 2 is 1.89 bits per heavy atom. The normalized spacial score (nSPS) is 18.7. The Labute approximate surface area is 162 Å². The SMILES string of the molecule is CS(=O)(=O)N1CCCCC1C(=O)Nc1nnc(CS(=O)(=O)c2ccccc2)o1. The van der Waals surface area contributed by atoms with Gasteiger partial charge in [0.1, 0.15) is 11.8 Å². The number of carbonyl (C=O) groups is 1. The molecule has 1 atom stereocenters. The summed E-state index contributed by atoms with van der Waals surface area (Å²) >= 11 is 0. The Morgan fingerprint density at radius 3 is 2.57 bits per heavy atom. The molecule has 2 heterocycles. The van der Waals surface area contributed by atoms with Crippen molar-refractivity contribution in [3.63, 3.8) is 0 Å². The molecule has 28 heavy (non-hydrogen) atoms. The number of sulfonamides is 1. The van der Waals surface area contributed by atoms with E-state index in [2.05, 4.69) is 15.5 Å². The summed E-state index contributed by atoms with van der Waals surface area (Å²) in [5, 5.41) is 9.66. The number of nitrogens with one attached hydrogen (secondary N) is 1. The van der Waals surface area contributed by atoms with Crippen LogP contribution in [-0.4, -0.2) is 56.1 Å². The molecule has 12 heteroatoms. The minimum absolute atomic E-state index is 0.116. The van der Waals surface area contributed by atoms with Crippen LogP contribution in [0.25, 0.3) is 0 Å². The fourth-order valence-corrected chi connectivity index (χ4v) is 5.29. The van der Waals surface area contributed by atoms with Gasteiger partial charge in [-0.05, 0) is 25.0 Å². The monoisotopic (exact) mass is 428 g/mol. The molecule has 0 saturated carbocycles. The number of sulfone groups is 1. The van der Waals surface area contributed by atoms with Gasteiger partial charge in [-0.3, -0.25) is 10.1 Å². The van der Waals surface area contributed by atoms with Gasteiger partial charge in [0.15, 0.2) is 9.84 Å². The highest BCUT2D eigenvalue weighted by atomic mass is 32.2. The third-order valence-corrected chi connectivity index (χ3v) is 7.20. The topological polar surface area (TPSA) is 140 Å². The van der Waals surface area contributed by atoms with Gasteiger partial charge >= 0.3 is 6.01 Å². The zero-order valence-electron chi connectivity index (χ0n) is 15.1. The number of benzene rings is 1. The Kier molecular flexibility index (Phi) is 5.82. The molecule has 1 saturated heterocycles. The van der Waals surface area contributed by atoms with Gasteiger partial charge in [0.2, 0.25) is 21.8 Å². The first kappa shape index (κ1) is 20.4. The fourth-order valence-electron chi connectivity index (χ4n) is 2.99. The Hall–Kier alpha value is -2.31. The van der Waals surface area contributed by atoms with Crippen LogP contribution in [0.15, 0.2) is 39.6 Å². The lowest BCUT2D eigenvalue weighted by Crippen LogP contribution is -2.49. The molecule has 0 spiro atoms. The second-order valence-corrected chi connectivity index (χ2v) is 10.4. The molecule has 0 bridgehead atoms. The summed E-state index contributed by atoms with van der Waals surface area (Å²) in [4.78, 5) is 12.6. The average Bonchev–Trinajstić information content (AvgIpc) is 3.08. The first-order valence-electron chi connectivity index (χ1n) is 8.55. The number of aromatic nitrogens is 2. The zero-order valence-corrected chi connectivity index (χ0v) is 16.7. The number of piperidine rings is 1. The number of amides is 1. The van der Waals surface area contributed by atoms with Crippen molar-refractivity contribution in [1.29, 1.82) is 0 Å².